The first-order chi connectivity index (χ1) is 9.27. The molecular formula is C13H21N3O3. The molecule has 2 heterocycles. The molecule has 0 aliphatic carbocycles. The van der Waals surface area contributed by atoms with Gasteiger partial charge in [-0.05, 0) is 26.2 Å². The smallest absolute Gasteiger partial charge is 0.360 e. The van der Waals surface area contributed by atoms with Crippen LogP contribution in [0, 0.1) is 0 Å². The number of esters is 1. The van der Waals surface area contributed by atoms with Crippen molar-refractivity contribution >= 4 is 5.97 Å². The second-order valence-corrected chi connectivity index (χ2v) is 4.64. The van der Waals surface area contributed by atoms with Gasteiger partial charge in [0.2, 0.25) is 0 Å². The number of carbonyl (C=O) groups is 1. The lowest BCUT2D eigenvalue weighted by Gasteiger charge is -2.23. The van der Waals surface area contributed by atoms with Crippen molar-refractivity contribution in [3.63, 3.8) is 0 Å². The summed E-state index contributed by atoms with van der Waals surface area (Å²) in [5.74, 6) is -0.371. The Kier molecular flexibility index (Phi) is 4.90. The van der Waals surface area contributed by atoms with Gasteiger partial charge < -0.3 is 9.47 Å². The van der Waals surface area contributed by atoms with Crippen LogP contribution in [-0.2, 0) is 15.9 Å². The van der Waals surface area contributed by atoms with Gasteiger partial charge >= 0.3 is 5.97 Å². The number of aromatic nitrogens is 3. The van der Waals surface area contributed by atoms with Crippen molar-refractivity contribution in [1.29, 1.82) is 0 Å². The minimum Gasteiger partial charge on any atom is -0.461 e. The minimum atomic E-state index is -0.371. The Morgan fingerprint density at radius 3 is 2.79 bits per heavy atom. The summed E-state index contributed by atoms with van der Waals surface area (Å²) in [4.78, 5) is 11.9. The van der Waals surface area contributed by atoms with Crippen molar-refractivity contribution in [2.45, 2.75) is 45.6 Å². The minimum absolute atomic E-state index is 0.283. The van der Waals surface area contributed by atoms with E-state index in [0.717, 1.165) is 44.6 Å². The van der Waals surface area contributed by atoms with Crippen LogP contribution in [0.1, 0.15) is 55.3 Å². The monoisotopic (exact) mass is 267 g/mol. The molecule has 0 bridgehead atoms. The number of ether oxygens (including phenoxy) is 2. The highest BCUT2D eigenvalue weighted by Gasteiger charge is 2.25. The van der Waals surface area contributed by atoms with Crippen molar-refractivity contribution < 1.29 is 14.3 Å². The molecule has 19 heavy (non-hydrogen) atoms. The van der Waals surface area contributed by atoms with Crippen LogP contribution in [0.15, 0.2) is 0 Å². The first-order valence-electron chi connectivity index (χ1n) is 6.96. The number of rotatable bonds is 5. The summed E-state index contributed by atoms with van der Waals surface area (Å²) >= 11 is 0. The molecule has 2 rings (SSSR count). The molecule has 0 unspecified atom stereocenters. The Hall–Kier alpha value is -1.43. The van der Waals surface area contributed by atoms with Gasteiger partial charge in [0.15, 0.2) is 5.69 Å². The molecule has 0 radical (unpaired) electrons. The molecular weight excluding hydrogens is 246 g/mol. The van der Waals surface area contributed by atoms with Crippen molar-refractivity contribution in [2.24, 2.45) is 0 Å². The van der Waals surface area contributed by atoms with E-state index in [2.05, 4.69) is 17.2 Å². The van der Waals surface area contributed by atoms with E-state index in [1.807, 2.05) is 4.68 Å². The van der Waals surface area contributed by atoms with Crippen LogP contribution >= 0.6 is 0 Å². The number of hydrogen-bond acceptors (Lipinski definition) is 5. The van der Waals surface area contributed by atoms with Crippen molar-refractivity contribution in [3.05, 3.63) is 11.4 Å². The van der Waals surface area contributed by atoms with Gasteiger partial charge in [0.25, 0.3) is 0 Å². The molecule has 106 valence electrons. The summed E-state index contributed by atoms with van der Waals surface area (Å²) in [5, 5.41) is 8.20. The zero-order valence-electron chi connectivity index (χ0n) is 11.6. The Morgan fingerprint density at radius 1 is 1.42 bits per heavy atom. The number of hydrogen-bond donors (Lipinski definition) is 0. The average molecular weight is 267 g/mol. The third-order valence-corrected chi connectivity index (χ3v) is 3.28. The summed E-state index contributed by atoms with van der Waals surface area (Å²) in [7, 11) is 0. The van der Waals surface area contributed by atoms with Crippen LogP contribution in [0.4, 0.5) is 0 Å². The van der Waals surface area contributed by atoms with Crippen LogP contribution in [0.25, 0.3) is 0 Å². The van der Waals surface area contributed by atoms with E-state index < -0.39 is 0 Å². The topological polar surface area (TPSA) is 66.2 Å². The fourth-order valence-electron chi connectivity index (χ4n) is 2.36. The summed E-state index contributed by atoms with van der Waals surface area (Å²) in [5.41, 5.74) is 1.27. The van der Waals surface area contributed by atoms with Gasteiger partial charge in [0.1, 0.15) is 0 Å². The molecule has 1 aromatic heterocycles. The number of carbonyl (C=O) groups excluding carboxylic acids is 1. The molecule has 0 saturated carbocycles. The zero-order chi connectivity index (χ0) is 13.7. The average Bonchev–Trinajstić information content (AvgIpc) is 2.84. The molecule has 0 amide bonds. The van der Waals surface area contributed by atoms with E-state index in [1.54, 1.807) is 6.92 Å². The molecule has 6 heteroatoms. The summed E-state index contributed by atoms with van der Waals surface area (Å²) in [6.07, 6.45) is 3.58. The lowest BCUT2D eigenvalue weighted by molar-refractivity contribution is 0.0517. The van der Waals surface area contributed by atoms with Gasteiger partial charge in [0, 0.05) is 13.2 Å². The Morgan fingerprint density at radius 2 is 2.16 bits per heavy atom. The van der Waals surface area contributed by atoms with E-state index >= 15 is 0 Å². The molecule has 1 aliphatic rings. The largest absolute Gasteiger partial charge is 0.461 e. The van der Waals surface area contributed by atoms with Gasteiger partial charge in [-0.1, -0.05) is 18.6 Å². The van der Waals surface area contributed by atoms with Gasteiger partial charge in [-0.2, -0.15) is 0 Å². The van der Waals surface area contributed by atoms with E-state index in [-0.39, 0.29) is 12.0 Å². The highest BCUT2D eigenvalue weighted by Crippen LogP contribution is 2.23. The highest BCUT2D eigenvalue weighted by molar-refractivity contribution is 5.88. The third kappa shape index (κ3) is 3.12. The van der Waals surface area contributed by atoms with Crippen LogP contribution in [-0.4, -0.2) is 40.8 Å². The van der Waals surface area contributed by atoms with E-state index in [1.165, 1.54) is 0 Å². The Balaban J connectivity index is 2.25. The fourth-order valence-corrected chi connectivity index (χ4v) is 2.36. The molecule has 1 saturated heterocycles. The molecule has 1 aromatic rings. The molecule has 1 aliphatic heterocycles. The van der Waals surface area contributed by atoms with Gasteiger partial charge in [-0.15, -0.1) is 5.10 Å². The molecule has 0 aromatic carbocycles. The SMILES string of the molecule is CCCc1c(C(=O)OCC)nnn1C1CCOCC1. The predicted molar refractivity (Wildman–Crippen MR) is 69.1 cm³/mol. The third-order valence-electron chi connectivity index (χ3n) is 3.28. The zero-order valence-corrected chi connectivity index (χ0v) is 11.6. The maximum Gasteiger partial charge on any atom is 0.360 e. The Bertz CT molecular complexity index is 425. The molecule has 1 fully saturated rings. The molecule has 0 atom stereocenters. The van der Waals surface area contributed by atoms with Crippen LogP contribution in [0.5, 0.6) is 0 Å². The first kappa shape index (κ1) is 14.0. The Labute approximate surface area is 113 Å². The van der Waals surface area contributed by atoms with Crippen molar-refractivity contribution in [2.75, 3.05) is 19.8 Å². The summed E-state index contributed by atoms with van der Waals surface area (Å²) in [6, 6.07) is 0.283. The van der Waals surface area contributed by atoms with Crippen LogP contribution in [0.3, 0.4) is 0 Å². The summed E-state index contributed by atoms with van der Waals surface area (Å²) < 4.78 is 12.3. The standard InChI is InChI=1S/C13H21N3O3/c1-3-5-11-12(13(17)19-4-2)14-15-16(11)10-6-8-18-9-7-10/h10H,3-9H2,1-2H3. The normalized spacial score (nSPS) is 16.5. The van der Waals surface area contributed by atoms with Gasteiger partial charge in [-0.25, -0.2) is 9.48 Å². The highest BCUT2D eigenvalue weighted by atomic mass is 16.5. The maximum absolute atomic E-state index is 11.9. The van der Waals surface area contributed by atoms with Crippen LogP contribution in [0.2, 0.25) is 0 Å². The van der Waals surface area contributed by atoms with Crippen LogP contribution < -0.4 is 0 Å². The van der Waals surface area contributed by atoms with E-state index in [9.17, 15) is 4.79 Å². The predicted octanol–water partition coefficient (Wildman–Crippen LogP) is 1.76. The second kappa shape index (κ2) is 6.65. The van der Waals surface area contributed by atoms with Crippen molar-refractivity contribution in [1.82, 2.24) is 15.0 Å². The van der Waals surface area contributed by atoms with E-state index in [0.29, 0.717) is 12.3 Å². The quantitative estimate of drug-likeness (QED) is 0.760. The second-order valence-electron chi connectivity index (χ2n) is 4.64. The van der Waals surface area contributed by atoms with E-state index in [4.69, 9.17) is 9.47 Å². The number of nitrogens with zero attached hydrogens (tertiary/aromatic N) is 3. The van der Waals surface area contributed by atoms with Gasteiger partial charge in [-0.3, -0.25) is 0 Å². The summed E-state index contributed by atoms with van der Waals surface area (Å²) in [6.45, 7) is 5.71. The lowest BCUT2D eigenvalue weighted by Crippen LogP contribution is -2.22. The van der Waals surface area contributed by atoms with Crippen molar-refractivity contribution in [3.8, 4) is 0 Å². The van der Waals surface area contributed by atoms with Gasteiger partial charge in [0.05, 0.1) is 18.3 Å². The molecule has 0 N–H and O–H groups in total. The molecule has 0 spiro atoms. The fraction of sp³-hybridized carbons (Fsp3) is 0.769. The molecule has 6 nitrogen and oxygen atoms in total. The maximum atomic E-state index is 11.9. The lowest BCUT2D eigenvalue weighted by atomic mass is 10.1. The first-order valence-corrected chi connectivity index (χ1v) is 6.96.